The van der Waals surface area contributed by atoms with Crippen LogP contribution in [-0.2, 0) is 6.42 Å². The van der Waals surface area contributed by atoms with Crippen molar-refractivity contribution in [2.75, 3.05) is 6.54 Å². The van der Waals surface area contributed by atoms with Gasteiger partial charge >= 0.3 is 0 Å². The van der Waals surface area contributed by atoms with Gasteiger partial charge in [0.1, 0.15) is 5.82 Å². The van der Waals surface area contributed by atoms with Gasteiger partial charge in [0.25, 0.3) is 5.91 Å². The Hall–Kier alpha value is -1.39. The molecule has 1 N–H and O–H groups in total. The molecule has 0 aliphatic carbocycles. The minimum Gasteiger partial charge on any atom is -0.333 e. The molecule has 0 spiro atoms. The molecule has 1 aromatic heterocycles. The van der Waals surface area contributed by atoms with Crippen LogP contribution in [0.5, 0.6) is 0 Å². The smallest absolute Gasteiger partial charge is 0.293 e. The number of nitrogens with one attached hydrogen (secondary N) is 1. The average molecular weight is 264 g/mol. The van der Waals surface area contributed by atoms with Gasteiger partial charge in [0.2, 0.25) is 5.82 Å². The highest BCUT2D eigenvalue weighted by atomic mass is 16.2. The molecule has 3 atom stereocenters. The Kier molecular flexibility index (Phi) is 4.22. The van der Waals surface area contributed by atoms with Crippen LogP contribution in [-0.4, -0.2) is 38.6 Å². The highest BCUT2D eigenvalue weighted by molar-refractivity contribution is 5.90. The zero-order valence-electron chi connectivity index (χ0n) is 12.3. The fourth-order valence-corrected chi connectivity index (χ4v) is 2.85. The third kappa shape index (κ3) is 2.96. The van der Waals surface area contributed by atoms with E-state index >= 15 is 0 Å². The first kappa shape index (κ1) is 14.0. The maximum absolute atomic E-state index is 12.5. The van der Waals surface area contributed by atoms with E-state index in [0.717, 1.165) is 25.2 Å². The standard InChI is InChI=1S/C14H24N4O/c1-5-6-12-15-13(17-16-12)14(19)18-8-9(2)7-10(3)11(18)4/h9-11H,5-8H2,1-4H3,(H,15,16,17). The molecule has 106 valence electrons. The van der Waals surface area contributed by atoms with Crippen LogP contribution in [0.25, 0.3) is 0 Å². The third-order valence-corrected chi connectivity index (χ3v) is 4.07. The van der Waals surface area contributed by atoms with Crippen molar-refractivity contribution in [2.24, 2.45) is 11.8 Å². The Morgan fingerprint density at radius 2 is 2.16 bits per heavy atom. The molecule has 3 unspecified atom stereocenters. The summed E-state index contributed by atoms with van der Waals surface area (Å²) in [4.78, 5) is 18.7. The van der Waals surface area contributed by atoms with Crippen LogP contribution in [0.1, 0.15) is 57.0 Å². The first-order valence-electron chi connectivity index (χ1n) is 7.25. The van der Waals surface area contributed by atoms with Crippen molar-refractivity contribution in [3.8, 4) is 0 Å². The molecular weight excluding hydrogens is 240 g/mol. The zero-order chi connectivity index (χ0) is 14.0. The Morgan fingerprint density at radius 1 is 1.42 bits per heavy atom. The van der Waals surface area contributed by atoms with E-state index in [9.17, 15) is 4.79 Å². The van der Waals surface area contributed by atoms with Crippen molar-refractivity contribution < 1.29 is 4.79 Å². The fraction of sp³-hybridized carbons (Fsp3) is 0.786. The molecule has 0 aromatic carbocycles. The monoisotopic (exact) mass is 264 g/mol. The minimum atomic E-state index is -0.0375. The number of hydrogen-bond donors (Lipinski definition) is 1. The normalized spacial score (nSPS) is 27.6. The summed E-state index contributed by atoms with van der Waals surface area (Å²) in [6, 6.07) is 0.261. The molecule has 0 bridgehead atoms. The van der Waals surface area contributed by atoms with Gasteiger partial charge in [0, 0.05) is 19.0 Å². The van der Waals surface area contributed by atoms with Gasteiger partial charge in [-0.15, -0.1) is 5.10 Å². The zero-order valence-corrected chi connectivity index (χ0v) is 12.3. The number of rotatable bonds is 3. The van der Waals surface area contributed by atoms with E-state index in [1.165, 1.54) is 6.42 Å². The van der Waals surface area contributed by atoms with E-state index < -0.39 is 0 Å². The first-order chi connectivity index (χ1) is 9.02. The van der Waals surface area contributed by atoms with Crippen molar-refractivity contribution in [3.05, 3.63) is 11.6 Å². The van der Waals surface area contributed by atoms with Crippen molar-refractivity contribution in [1.82, 2.24) is 20.1 Å². The van der Waals surface area contributed by atoms with E-state index in [4.69, 9.17) is 0 Å². The molecule has 1 saturated heterocycles. The summed E-state index contributed by atoms with van der Waals surface area (Å²) in [7, 11) is 0. The molecule has 19 heavy (non-hydrogen) atoms. The summed E-state index contributed by atoms with van der Waals surface area (Å²) in [5.74, 6) is 2.16. The van der Waals surface area contributed by atoms with Crippen molar-refractivity contribution in [3.63, 3.8) is 0 Å². The topological polar surface area (TPSA) is 61.9 Å². The highest BCUT2D eigenvalue weighted by Crippen LogP contribution is 2.27. The maximum atomic E-state index is 12.5. The molecule has 5 nitrogen and oxygen atoms in total. The number of amides is 1. The van der Waals surface area contributed by atoms with Crippen LogP contribution in [0.15, 0.2) is 0 Å². The molecule has 2 heterocycles. The Morgan fingerprint density at radius 3 is 2.84 bits per heavy atom. The van der Waals surface area contributed by atoms with E-state index in [-0.39, 0.29) is 11.9 Å². The van der Waals surface area contributed by atoms with Crippen LogP contribution in [0.2, 0.25) is 0 Å². The third-order valence-electron chi connectivity index (χ3n) is 4.07. The van der Waals surface area contributed by atoms with Gasteiger partial charge in [0.05, 0.1) is 0 Å². The number of hydrogen-bond acceptors (Lipinski definition) is 3. The molecule has 1 aliphatic heterocycles. The number of likely N-dealkylation sites (tertiary alicyclic amines) is 1. The Labute approximate surface area is 114 Å². The predicted octanol–water partition coefficient (Wildman–Crippen LogP) is 2.26. The molecule has 1 fully saturated rings. The van der Waals surface area contributed by atoms with Crippen LogP contribution < -0.4 is 0 Å². The van der Waals surface area contributed by atoms with E-state index in [1.807, 2.05) is 4.90 Å². The molecule has 1 amide bonds. The highest BCUT2D eigenvalue weighted by Gasteiger charge is 2.33. The number of aromatic nitrogens is 3. The van der Waals surface area contributed by atoms with Crippen LogP contribution in [0.4, 0.5) is 0 Å². The van der Waals surface area contributed by atoms with Crippen molar-refractivity contribution in [2.45, 2.75) is 53.0 Å². The maximum Gasteiger partial charge on any atom is 0.293 e. The van der Waals surface area contributed by atoms with Crippen molar-refractivity contribution >= 4 is 5.91 Å². The summed E-state index contributed by atoms with van der Waals surface area (Å²) >= 11 is 0. The van der Waals surface area contributed by atoms with E-state index in [2.05, 4.69) is 42.9 Å². The lowest BCUT2D eigenvalue weighted by Gasteiger charge is -2.40. The molecule has 0 saturated carbocycles. The number of H-pyrrole nitrogens is 1. The molecule has 1 aliphatic rings. The van der Waals surface area contributed by atoms with Crippen LogP contribution >= 0.6 is 0 Å². The Bertz CT molecular complexity index is 442. The van der Waals surface area contributed by atoms with Gasteiger partial charge in [-0.1, -0.05) is 20.8 Å². The van der Waals surface area contributed by atoms with Gasteiger partial charge in [-0.3, -0.25) is 9.89 Å². The molecule has 2 rings (SSSR count). The average Bonchev–Trinajstić information content (AvgIpc) is 2.82. The van der Waals surface area contributed by atoms with Gasteiger partial charge in [-0.05, 0) is 31.6 Å². The van der Waals surface area contributed by atoms with Crippen LogP contribution in [0.3, 0.4) is 0 Å². The molecule has 0 radical (unpaired) electrons. The van der Waals surface area contributed by atoms with Gasteiger partial charge in [-0.25, -0.2) is 4.98 Å². The summed E-state index contributed by atoms with van der Waals surface area (Å²) in [5, 5.41) is 6.92. The summed E-state index contributed by atoms with van der Waals surface area (Å²) < 4.78 is 0. The molecular formula is C14H24N4O. The first-order valence-corrected chi connectivity index (χ1v) is 7.25. The minimum absolute atomic E-state index is 0.0375. The number of carbonyl (C=O) groups excluding carboxylic acids is 1. The number of nitrogens with zero attached hydrogens (tertiary/aromatic N) is 3. The second-order valence-electron chi connectivity index (χ2n) is 5.87. The number of piperidine rings is 1. The van der Waals surface area contributed by atoms with Gasteiger partial charge in [0.15, 0.2) is 0 Å². The number of aryl methyl sites for hydroxylation is 1. The van der Waals surface area contributed by atoms with Crippen LogP contribution in [0, 0.1) is 11.8 Å². The lowest BCUT2D eigenvalue weighted by Crippen LogP contribution is -2.49. The molecule has 1 aromatic rings. The summed E-state index contributed by atoms with van der Waals surface area (Å²) in [6.45, 7) is 9.42. The lowest BCUT2D eigenvalue weighted by molar-refractivity contribution is 0.0444. The second-order valence-corrected chi connectivity index (χ2v) is 5.87. The van der Waals surface area contributed by atoms with E-state index in [0.29, 0.717) is 17.7 Å². The summed E-state index contributed by atoms with van der Waals surface area (Å²) in [5.41, 5.74) is 0. The SMILES string of the molecule is CCCc1nc(C(=O)N2CC(C)CC(C)C2C)n[nH]1. The Balaban J connectivity index is 2.12. The largest absolute Gasteiger partial charge is 0.333 e. The quantitative estimate of drug-likeness (QED) is 0.911. The molecule has 5 heteroatoms. The lowest BCUT2D eigenvalue weighted by atomic mass is 9.86. The summed E-state index contributed by atoms with van der Waals surface area (Å²) in [6.07, 6.45) is 3.01. The fourth-order valence-electron chi connectivity index (χ4n) is 2.85. The number of carbonyl (C=O) groups is 1. The van der Waals surface area contributed by atoms with E-state index in [1.54, 1.807) is 0 Å². The number of aromatic amines is 1. The predicted molar refractivity (Wildman–Crippen MR) is 73.8 cm³/mol. The van der Waals surface area contributed by atoms with Crippen molar-refractivity contribution in [1.29, 1.82) is 0 Å². The van der Waals surface area contributed by atoms with Gasteiger partial charge < -0.3 is 4.90 Å². The van der Waals surface area contributed by atoms with Gasteiger partial charge in [-0.2, -0.15) is 0 Å². The second kappa shape index (κ2) is 5.72.